The fraction of sp³-hybridized carbons (Fsp3) is 0.909. The van der Waals surface area contributed by atoms with Gasteiger partial charge in [-0.15, -0.1) is 11.6 Å². The summed E-state index contributed by atoms with van der Waals surface area (Å²) in [5.74, 6) is -0.434. The summed E-state index contributed by atoms with van der Waals surface area (Å²) in [7, 11) is 2.94. The number of carbonyl (C=O) groups excluding carboxylic acids is 1. The first-order valence-electron chi connectivity index (χ1n) is 5.79. The summed E-state index contributed by atoms with van der Waals surface area (Å²) in [5, 5.41) is 2.33. The Hall–Kier alpha value is -0.400. The van der Waals surface area contributed by atoms with Crippen LogP contribution >= 0.6 is 11.6 Å². The van der Waals surface area contributed by atoms with Crippen molar-refractivity contribution in [3.63, 3.8) is 0 Å². The number of hydrogen-bond donors (Lipinski definition) is 1. The lowest BCUT2D eigenvalue weighted by atomic mass is 10.4. The third-order valence-electron chi connectivity index (χ3n) is 2.01. The lowest BCUT2D eigenvalue weighted by molar-refractivity contribution is -0.140. The zero-order valence-corrected chi connectivity index (χ0v) is 11.7. The van der Waals surface area contributed by atoms with E-state index in [2.05, 4.69) is 10.1 Å². The van der Waals surface area contributed by atoms with Crippen LogP contribution in [-0.4, -0.2) is 71.7 Å². The number of alkyl halides is 1. The van der Waals surface area contributed by atoms with Gasteiger partial charge in [0.05, 0.1) is 40.1 Å². The molecule has 18 heavy (non-hydrogen) atoms. The Morgan fingerprint density at radius 1 is 1.11 bits per heavy atom. The standard InChI is InChI=1S/C11H22ClNO5/c1-15-5-6-18-8-7-17-4-3-13-9-10(12)11(14)16-2/h10,13H,3-9H2,1-2H3. The molecule has 0 saturated heterocycles. The van der Waals surface area contributed by atoms with E-state index in [1.165, 1.54) is 7.11 Å². The zero-order chi connectivity index (χ0) is 13.6. The average Bonchev–Trinajstić information content (AvgIpc) is 2.39. The molecule has 0 aromatic rings. The number of esters is 1. The van der Waals surface area contributed by atoms with Crippen LogP contribution in [0.5, 0.6) is 0 Å². The van der Waals surface area contributed by atoms with Crippen LogP contribution in [0.4, 0.5) is 0 Å². The molecule has 0 aliphatic rings. The normalized spacial score (nSPS) is 12.4. The Bertz CT molecular complexity index is 206. The number of halogens is 1. The molecule has 1 unspecified atom stereocenters. The zero-order valence-electron chi connectivity index (χ0n) is 10.9. The van der Waals surface area contributed by atoms with Gasteiger partial charge in [0.15, 0.2) is 0 Å². The molecule has 0 saturated carbocycles. The second kappa shape index (κ2) is 13.0. The van der Waals surface area contributed by atoms with Crippen molar-refractivity contribution in [2.45, 2.75) is 5.38 Å². The second-order valence-electron chi connectivity index (χ2n) is 3.41. The molecule has 0 spiro atoms. The maximum absolute atomic E-state index is 11.0. The van der Waals surface area contributed by atoms with E-state index in [1.54, 1.807) is 7.11 Å². The van der Waals surface area contributed by atoms with Gasteiger partial charge in [-0.1, -0.05) is 0 Å². The molecule has 0 bridgehead atoms. The second-order valence-corrected chi connectivity index (χ2v) is 3.94. The van der Waals surface area contributed by atoms with Crippen molar-refractivity contribution in [2.24, 2.45) is 0 Å². The molecule has 0 aliphatic heterocycles. The third kappa shape index (κ3) is 10.7. The molecule has 0 rings (SSSR count). The predicted octanol–water partition coefficient (Wildman–Crippen LogP) is 0.0360. The summed E-state index contributed by atoms with van der Waals surface area (Å²) in [6.07, 6.45) is 0. The van der Waals surface area contributed by atoms with Gasteiger partial charge in [0.1, 0.15) is 5.38 Å². The summed E-state index contributed by atoms with van der Waals surface area (Å²) < 4.78 is 19.8. The van der Waals surface area contributed by atoms with E-state index in [0.29, 0.717) is 46.1 Å². The Morgan fingerprint density at radius 2 is 1.72 bits per heavy atom. The highest BCUT2D eigenvalue weighted by Crippen LogP contribution is 1.95. The van der Waals surface area contributed by atoms with Gasteiger partial charge in [-0.2, -0.15) is 0 Å². The van der Waals surface area contributed by atoms with Gasteiger partial charge in [0, 0.05) is 20.2 Å². The molecule has 0 aliphatic carbocycles. The summed E-state index contributed by atoms with van der Waals surface area (Å²) in [6.45, 7) is 3.77. The molecule has 7 heteroatoms. The molecule has 0 aromatic heterocycles. The van der Waals surface area contributed by atoms with Crippen molar-refractivity contribution in [3.8, 4) is 0 Å². The van der Waals surface area contributed by atoms with Gasteiger partial charge in [-0.25, -0.2) is 0 Å². The van der Waals surface area contributed by atoms with E-state index >= 15 is 0 Å². The Labute approximate surface area is 113 Å². The summed E-state index contributed by atoms with van der Waals surface area (Å²) in [4.78, 5) is 11.0. The number of hydrogen-bond acceptors (Lipinski definition) is 6. The van der Waals surface area contributed by atoms with Gasteiger partial charge in [-0.05, 0) is 0 Å². The number of carbonyl (C=O) groups is 1. The van der Waals surface area contributed by atoms with Crippen molar-refractivity contribution in [3.05, 3.63) is 0 Å². The molecule has 1 atom stereocenters. The summed E-state index contributed by atoms with van der Waals surface area (Å²) in [5.41, 5.74) is 0. The first-order chi connectivity index (χ1) is 8.72. The smallest absolute Gasteiger partial charge is 0.325 e. The van der Waals surface area contributed by atoms with E-state index in [4.69, 9.17) is 25.8 Å². The van der Waals surface area contributed by atoms with E-state index in [-0.39, 0.29) is 0 Å². The minimum absolute atomic E-state index is 0.363. The lowest BCUT2D eigenvalue weighted by Crippen LogP contribution is -2.32. The van der Waals surface area contributed by atoms with Crippen molar-refractivity contribution >= 4 is 17.6 Å². The van der Waals surface area contributed by atoms with Crippen LogP contribution < -0.4 is 5.32 Å². The highest BCUT2D eigenvalue weighted by molar-refractivity contribution is 6.30. The Kier molecular flexibility index (Phi) is 12.8. The van der Waals surface area contributed by atoms with Crippen LogP contribution in [0.25, 0.3) is 0 Å². The van der Waals surface area contributed by atoms with Crippen LogP contribution in [0.15, 0.2) is 0 Å². The Balaban J connectivity index is 3.14. The average molecular weight is 284 g/mol. The van der Waals surface area contributed by atoms with E-state index in [9.17, 15) is 4.79 Å². The fourth-order valence-corrected chi connectivity index (χ4v) is 1.25. The van der Waals surface area contributed by atoms with E-state index in [1.807, 2.05) is 0 Å². The molecular weight excluding hydrogens is 262 g/mol. The highest BCUT2D eigenvalue weighted by atomic mass is 35.5. The highest BCUT2D eigenvalue weighted by Gasteiger charge is 2.14. The predicted molar refractivity (Wildman–Crippen MR) is 68.0 cm³/mol. The molecule has 0 heterocycles. The van der Waals surface area contributed by atoms with Crippen molar-refractivity contribution in [1.29, 1.82) is 0 Å². The van der Waals surface area contributed by atoms with Gasteiger partial charge in [0.2, 0.25) is 0 Å². The molecule has 1 N–H and O–H groups in total. The summed E-state index contributed by atoms with van der Waals surface area (Å²) >= 11 is 5.73. The lowest BCUT2D eigenvalue weighted by Gasteiger charge is -2.09. The first kappa shape index (κ1) is 17.6. The number of ether oxygens (including phenoxy) is 4. The third-order valence-corrected chi connectivity index (χ3v) is 2.34. The largest absolute Gasteiger partial charge is 0.468 e. The van der Waals surface area contributed by atoms with Gasteiger partial charge in [-0.3, -0.25) is 4.79 Å². The summed E-state index contributed by atoms with van der Waals surface area (Å²) in [6, 6.07) is 0. The van der Waals surface area contributed by atoms with E-state index in [0.717, 1.165) is 0 Å². The molecule has 0 aromatic carbocycles. The van der Waals surface area contributed by atoms with Crippen LogP contribution in [0.3, 0.4) is 0 Å². The van der Waals surface area contributed by atoms with Crippen molar-refractivity contribution in [2.75, 3.05) is 60.3 Å². The van der Waals surface area contributed by atoms with Gasteiger partial charge in [0.25, 0.3) is 0 Å². The number of nitrogens with one attached hydrogen (secondary N) is 1. The SMILES string of the molecule is COCCOCCOCCNCC(Cl)C(=O)OC. The van der Waals surface area contributed by atoms with Crippen LogP contribution in [0.1, 0.15) is 0 Å². The maximum Gasteiger partial charge on any atom is 0.325 e. The number of rotatable bonds is 12. The van der Waals surface area contributed by atoms with E-state index < -0.39 is 11.3 Å². The minimum atomic E-state index is -0.660. The maximum atomic E-state index is 11.0. The monoisotopic (exact) mass is 283 g/mol. The minimum Gasteiger partial charge on any atom is -0.468 e. The van der Waals surface area contributed by atoms with Crippen LogP contribution in [0.2, 0.25) is 0 Å². The van der Waals surface area contributed by atoms with Crippen molar-refractivity contribution < 1.29 is 23.7 Å². The molecule has 108 valence electrons. The molecule has 0 amide bonds. The van der Waals surface area contributed by atoms with Crippen LogP contribution in [0, 0.1) is 0 Å². The molecule has 0 fully saturated rings. The molecule has 0 radical (unpaired) electrons. The molecule has 6 nitrogen and oxygen atoms in total. The number of methoxy groups -OCH3 is 2. The quantitative estimate of drug-likeness (QED) is 0.310. The van der Waals surface area contributed by atoms with Gasteiger partial charge >= 0.3 is 5.97 Å². The topological polar surface area (TPSA) is 66.0 Å². The first-order valence-corrected chi connectivity index (χ1v) is 6.23. The Morgan fingerprint density at radius 3 is 2.33 bits per heavy atom. The van der Waals surface area contributed by atoms with Crippen molar-refractivity contribution in [1.82, 2.24) is 5.32 Å². The van der Waals surface area contributed by atoms with Crippen LogP contribution in [-0.2, 0) is 23.7 Å². The molecular formula is C11H22ClNO5. The fourth-order valence-electron chi connectivity index (χ4n) is 1.05. The van der Waals surface area contributed by atoms with Gasteiger partial charge < -0.3 is 24.3 Å².